The van der Waals surface area contributed by atoms with Gasteiger partial charge in [0.05, 0.1) is 11.3 Å². The zero-order valence-electron chi connectivity index (χ0n) is 10.6. The van der Waals surface area contributed by atoms with Gasteiger partial charge in [-0.2, -0.15) is 0 Å². The quantitative estimate of drug-likeness (QED) is 0.845. The summed E-state index contributed by atoms with van der Waals surface area (Å²) < 4.78 is 27.9. The Morgan fingerprint density at radius 3 is 2.62 bits per heavy atom. The highest BCUT2D eigenvalue weighted by atomic mass is 79.9. The number of anilines is 1. The standard InChI is InChI=1S/C14H10BrClF2N2O/c15-8-1-2-10(16)7(3-8)6-20-13-4-9(14(19)21)11(17)5-12(13)18/h1-5,20H,6H2,(H2,19,21). The van der Waals surface area contributed by atoms with Crippen LogP contribution in [-0.4, -0.2) is 5.91 Å². The molecule has 7 heteroatoms. The smallest absolute Gasteiger partial charge is 0.251 e. The fraction of sp³-hybridized carbons (Fsp3) is 0.0714. The number of carbonyl (C=O) groups is 1. The second-order valence-corrected chi connectivity index (χ2v) is 5.59. The molecule has 2 aromatic rings. The maximum atomic E-state index is 13.7. The molecule has 110 valence electrons. The second-order valence-electron chi connectivity index (χ2n) is 4.27. The van der Waals surface area contributed by atoms with Gasteiger partial charge >= 0.3 is 0 Å². The van der Waals surface area contributed by atoms with Crippen molar-refractivity contribution in [1.29, 1.82) is 0 Å². The van der Waals surface area contributed by atoms with E-state index in [4.69, 9.17) is 17.3 Å². The molecule has 1 amide bonds. The highest BCUT2D eigenvalue weighted by molar-refractivity contribution is 9.10. The van der Waals surface area contributed by atoms with Crippen molar-refractivity contribution in [3.05, 3.63) is 62.6 Å². The minimum Gasteiger partial charge on any atom is -0.379 e. The molecule has 0 bridgehead atoms. The number of hydrogen-bond acceptors (Lipinski definition) is 2. The molecule has 0 aliphatic carbocycles. The van der Waals surface area contributed by atoms with Crippen LogP contribution >= 0.6 is 27.5 Å². The van der Waals surface area contributed by atoms with Crippen LogP contribution in [0.5, 0.6) is 0 Å². The highest BCUT2D eigenvalue weighted by Crippen LogP contribution is 2.24. The SMILES string of the molecule is NC(=O)c1cc(NCc2cc(Br)ccc2Cl)c(F)cc1F. The predicted octanol–water partition coefficient (Wildman–Crippen LogP) is 4.09. The third-order valence-electron chi connectivity index (χ3n) is 2.80. The number of halogens is 4. The van der Waals surface area contributed by atoms with Gasteiger partial charge in [0, 0.05) is 22.1 Å². The molecule has 21 heavy (non-hydrogen) atoms. The molecule has 0 aliphatic heterocycles. The molecule has 0 fully saturated rings. The number of nitrogens with two attached hydrogens (primary N) is 1. The monoisotopic (exact) mass is 374 g/mol. The van der Waals surface area contributed by atoms with Crippen LogP contribution in [0.25, 0.3) is 0 Å². The zero-order chi connectivity index (χ0) is 15.6. The minimum atomic E-state index is -0.994. The van der Waals surface area contributed by atoms with E-state index in [0.717, 1.165) is 16.1 Å². The van der Waals surface area contributed by atoms with Gasteiger partial charge in [0.2, 0.25) is 0 Å². The van der Waals surface area contributed by atoms with E-state index >= 15 is 0 Å². The lowest BCUT2D eigenvalue weighted by molar-refractivity contribution is 0.0996. The van der Waals surface area contributed by atoms with Crippen molar-refractivity contribution < 1.29 is 13.6 Å². The van der Waals surface area contributed by atoms with Crippen LogP contribution in [-0.2, 0) is 6.54 Å². The predicted molar refractivity (Wildman–Crippen MR) is 81.4 cm³/mol. The Kier molecular flexibility index (Phi) is 4.80. The number of benzene rings is 2. The Hall–Kier alpha value is -1.66. The van der Waals surface area contributed by atoms with Crippen molar-refractivity contribution in [2.75, 3.05) is 5.32 Å². The van der Waals surface area contributed by atoms with Crippen molar-refractivity contribution in [2.45, 2.75) is 6.54 Å². The van der Waals surface area contributed by atoms with E-state index < -0.39 is 17.5 Å². The molecule has 0 atom stereocenters. The van der Waals surface area contributed by atoms with Crippen LogP contribution in [0.2, 0.25) is 5.02 Å². The molecule has 0 heterocycles. The van der Waals surface area contributed by atoms with Crippen LogP contribution < -0.4 is 11.1 Å². The molecule has 2 aromatic carbocycles. The number of rotatable bonds is 4. The molecule has 0 aromatic heterocycles. The Bertz CT molecular complexity index is 710. The Morgan fingerprint density at radius 1 is 1.24 bits per heavy atom. The summed E-state index contributed by atoms with van der Waals surface area (Å²) in [5.74, 6) is -2.77. The highest BCUT2D eigenvalue weighted by Gasteiger charge is 2.14. The Balaban J connectivity index is 2.25. The van der Waals surface area contributed by atoms with E-state index in [1.54, 1.807) is 18.2 Å². The number of carbonyl (C=O) groups excluding carboxylic acids is 1. The number of hydrogen-bond donors (Lipinski definition) is 2. The number of nitrogens with one attached hydrogen (secondary N) is 1. The largest absolute Gasteiger partial charge is 0.379 e. The summed E-state index contributed by atoms with van der Waals surface area (Å²) in [4.78, 5) is 11.1. The number of primary amides is 1. The van der Waals surface area contributed by atoms with E-state index in [1.807, 2.05) is 0 Å². The van der Waals surface area contributed by atoms with E-state index in [-0.39, 0.29) is 17.8 Å². The lowest BCUT2D eigenvalue weighted by atomic mass is 10.1. The molecule has 0 aliphatic rings. The van der Waals surface area contributed by atoms with E-state index in [2.05, 4.69) is 21.2 Å². The molecule has 2 rings (SSSR count). The van der Waals surface area contributed by atoms with Crippen molar-refractivity contribution in [3.63, 3.8) is 0 Å². The summed E-state index contributed by atoms with van der Waals surface area (Å²) in [6.07, 6.45) is 0. The maximum Gasteiger partial charge on any atom is 0.251 e. The van der Waals surface area contributed by atoms with E-state index in [9.17, 15) is 13.6 Å². The summed E-state index contributed by atoms with van der Waals surface area (Å²) in [6, 6.07) is 6.89. The van der Waals surface area contributed by atoms with E-state index in [0.29, 0.717) is 11.1 Å². The first-order valence-corrected chi connectivity index (χ1v) is 7.02. The fourth-order valence-electron chi connectivity index (χ4n) is 1.74. The van der Waals surface area contributed by atoms with Gasteiger partial charge in [0.1, 0.15) is 11.6 Å². The van der Waals surface area contributed by atoms with Gasteiger partial charge in [0.25, 0.3) is 5.91 Å². The maximum absolute atomic E-state index is 13.7. The molecule has 0 unspecified atom stereocenters. The van der Waals surface area contributed by atoms with Crippen LogP contribution in [0.3, 0.4) is 0 Å². The van der Waals surface area contributed by atoms with Gasteiger partial charge in [0.15, 0.2) is 0 Å². The first-order chi connectivity index (χ1) is 9.88. The summed E-state index contributed by atoms with van der Waals surface area (Å²) in [6.45, 7) is 0.207. The van der Waals surface area contributed by atoms with Gasteiger partial charge in [-0.3, -0.25) is 4.79 Å². The van der Waals surface area contributed by atoms with Gasteiger partial charge in [-0.05, 0) is 29.8 Å². The van der Waals surface area contributed by atoms with Crippen LogP contribution in [0.4, 0.5) is 14.5 Å². The Morgan fingerprint density at radius 2 is 1.95 bits per heavy atom. The normalized spacial score (nSPS) is 10.5. The molecule has 0 spiro atoms. The zero-order valence-corrected chi connectivity index (χ0v) is 12.9. The third kappa shape index (κ3) is 3.71. The summed E-state index contributed by atoms with van der Waals surface area (Å²) in [5.41, 5.74) is 5.34. The summed E-state index contributed by atoms with van der Waals surface area (Å²) in [7, 11) is 0. The molecular weight excluding hydrogens is 366 g/mol. The molecule has 3 N–H and O–H groups in total. The summed E-state index contributed by atoms with van der Waals surface area (Å²) in [5, 5.41) is 3.27. The topological polar surface area (TPSA) is 55.1 Å². The van der Waals surface area contributed by atoms with Crippen molar-refractivity contribution in [3.8, 4) is 0 Å². The van der Waals surface area contributed by atoms with Gasteiger partial charge < -0.3 is 11.1 Å². The van der Waals surface area contributed by atoms with Crippen molar-refractivity contribution in [1.82, 2.24) is 0 Å². The van der Waals surface area contributed by atoms with Gasteiger partial charge in [-0.25, -0.2) is 8.78 Å². The molecule has 0 saturated carbocycles. The summed E-state index contributed by atoms with van der Waals surface area (Å²) >= 11 is 9.33. The lowest BCUT2D eigenvalue weighted by Crippen LogP contribution is -2.14. The second kappa shape index (κ2) is 6.41. The molecule has 0 radical (unpaired) electrons. The van der Waals surface area contributed by atoms with Crippen LogP contribution in [0.15, 0.2) is 34.8 Å². The van der Waals surface area contributed by atoms with Gasteiger partial charge in [-0.1, -0.05) is 27.5 Å². The first kappa shape index (κ1) is 15.7. The van der Waals surface area contributed by atoms with Crippen molar-refractivity contribution in [2.24, 2.45) is 5.73 Å². The van der Waals surface area contributed by atoms with Gasteiger partial charge in [-0.15, -0.1) is 0 Å². The Labute approximate surface area is 133 Å². The first-order valence-electron chi connectivity index (χ1n) is 5.85. The molecule has 3 nitrogen and oxygen atoms in total. The number of amides is 1. The fourth-order valence-corrected chi connectivity index (χ4v) is 2.34. The van der Waals surface area contributed by atoms with E-state index in [1.165, 1.54) is 0 Å². The molecule has 0 saturated heterocycles. The minimum absolute atomic E-state index is 0.0266. The van der Waals surface area contributed by atoms with Crippen LogP contribution in [0, 0.1) is 11.6 Å². The molecular formula is C14H10BrClF2N2O. The average molecular weight is 376 g/mol. The van der Waals surface area contributed by atoms with Crippen molar-refractivity contribution >= 4 is 39.1 Å². The van der Waals surface area contributed by atoms with Crippen LogP contribution in [0.1, 0.15) is 15.9 Å². The lowest BCUT2D eigenvalue weighted by Gasteiger charge is -2.11. The third-order valence-corrected chi connectivity index (χ3v) is 3.66. The average Bonchev–Trinajstić information content (AvgIpc) is 2.41.